The first-order valence-electron chi connectivity index (χ1n) is 12.0. The Labute approximate surface area is 213 Å². The van der Waals surface area contributed by atoms with E-state index in [4.69, 9.17) is 4.74 Å². The predicted molar refractivity (Wildman–Crippen MR) is 132 cm³/mol. The molecule has 190 valence electrons. The zero-order valence-corrected chi connectivity index (χ0v) is 20.2. The molecule has 3 heterocycles. The number of ether oxygens (including phenoxy) is 1. The average molecular weight is 504 g/mol. The van der Waals surface area contributed by atoms with Gasteiger partial charge in [0.05, 0.1) is 12.1 Å². The number of hydrogen-bond donors (Lipinski definition) is 3. The lowest BCUT2D eigenvalue weighted by Crippen LogP contribution is -2.51. The second-order valence-electron chi connectivity index (χ2n) is 9.09. The Morgan fingerprint density at radius 3 is 2.89 bits per heavy atom. The van der Waals surface area contributed by atoms with Gasteiger partial charge in [0.25, 0.3) is 5.91 Å². The third kappa shape index (κ3) is 5.35. The molecule has 2 aromatic carbocycles. The number of likely N-dealkylation sites (tertiary alicyclic amines) is 1. The van der Waals surface area contributed by atoms with Gasteiger partial charge in [0.15, 0.2) is 12.0 Å². The lowest BCUT2D eigenvalue weighted by atomic mass is 10.0. The van der Waals surface area contributed by atoms with Crippen molar-refractivity contribution >= 4 is 17.5 Å². The number of benzene rings is 2. The Hall–Kier alpha value is -4.14. The van der Waals surface area contributed by atoms with E-state index < -0.39 is 24.3 Å². The molecule has 1 saturated heterocycles. The Kier molecular flexibility index (Phi) is 6.94. The van der Waals surface area contributed by atoms with Crippen molar-refractivity contribution in [1.82, 2.24) is 25.2 Å². The highest BCUT2D eigenvalue weighted by Gasteiger charge is 2.34. The first-order chi connectivity index (χ1) is 17.9. The lowest BCUT2D eigenvalue weighted by Gasteiger charge is -2.35. The van der Waals surface area contributed by atoms with Crippen LogP contribution >= 0.6 is 0 Å². The Morgan fingerprint density at radius 1 is 1.27 bits per heavy atom. The number of anilines is 2. The van der Waals surface area contributed by atoms with Crippen LogP contribution in [0.15, 0.2) is 42.7 Å². The maximum absolute atomic E-state index is 14.8. The highest BCUT2D eigenvalue weighted by atomic mass is 19.1. The SMILES string of the molecule is C[C@H](O)C(=O)N1CC[C@H](Oc2ccc(-c3ncnc(Nc4ccc5c(c4)CNC5)n3)cc2C#N)[C@@H](F)C1. The van der Waals surface area contributed by atoms with Crippen LogP contribution in [-0.4, -0.2) is 62.3 Å². The third-order valence-corrected chi connectivity index (χ3v) is 6.45. The Bertz CT molecular complexity index is 1360. The number of aliphatic hydroxyl groups is 1. The molecular formula is C26H26FN7O3. The molecule has 0 radical (unpaired) electrons. The molecule has 37 heavy (non-hydrogen) atoms. The third-order valence-electron chi connectivity index (χ3n) is 6.45. The van der Waals surface area contributed by atoms with Gasteiger partial charge < -0.3 is 25.4 Å². The molecule has 3 aromatic rings. The van der Waals surface area contributed by atoms with Gasteiger partial charge in [-0.3, -0.25) is 4.79 Å². The molecule has 2 aliphatic rings. The van der Waals surface area contributed by atoms with Crippen molar-refractivity contribution in [3.63, 3.8) is 0 Å². The summed E-state index contributed by atoms with van der Waals surface area (Å²) in [6.07, 6.45) is -1.81. The molecule has 1 fully saturated rings. The first-order valence-corrected chi connectivity index (χ1v) is 12.0. The van der Waals surface area contributed by atoms with Gasteiger partial charge in [-0.25, -0.2) is 14.4 Å². The number of amides is 1. The summed E-state index contributed by atoms with van der Waals surface area (Å²) in [5.74, 6) is 0.473. The van der Waals surface area contributed by atoms with E-state index in [-0.39, 0.29) is 30.8 Å². The summed E-state index contributed by atoms with van der Waals surface area (Å²) in [5.41, 5.74) is 4.16. The molecule has 0 saturated carbocycles. The van der Waals surface area contributed by atoms with Crippen LogP contribution in [0.1, 0.15) is 30.0 Å². The number of piperidine rings is 1. The molecule has 3 atom stereocenters. The maximum Gasteiger partial charge on any atom is 0.251 e. The molecular weight excluding hydrogens is 477 g/mol. The van der Waals surface area contributed by atoms with Crippen LogP contribution in [-0.2, 0) is 17.9 Å². The van der Waals surface area contributed by atoms with Gasteiger partial charge in [0.2, 0.25) is 5.95 Å². The Balaban J connectivity index is 1.29. The molecule has 0 aliphatic carbocycles. The smallest absolute Gasteiger partial charge is 0.251 e. The van der Waals surface area contributed by atoms with Gasteiger partial charge >= 0.3 is 0 Å². The minimum Gasteiger partial charge on any atom is -0.486 e. The van der Waals surface area contributed by atoms with Gasteiger partial charge in [0.1, 0.15) is 30.4 Å². The number of carbonyl (C=O) groups is 1. The number of rotatable bonds is 6. The predicted octanol–water partition coefficient (Wildman–Crippen LogP) is 2.46. The number of aliphatic hydroxyl groups excluding tert-OH is 1. The number of alkyl halides is 1. The summed E-state index contributed by atoms with van der Waals surface area (Å²) in [7, 11) is 0. The van der Waals surface area contributed by atoms with E-state index >= 15 is 0 Å². The van der Waals surface area contributed by atoms with Crippen LogP contribution in [0.25, 0.3) is 11.4 Å². The van der Waals surface area contributed by atoms with Crippen LogP contribution < -0.4 is 15.4 Å². The standard InChI is InChI=1S/C26H26FN7O3/c1-15(35)25(36)34-7-6-23(21(27)13-34)37-22-5-3-16(8-18(22)10-28)24-30-14-31-26(33-24)32-20-4-2-17-11-29-12-19(17)9-20/h2-5,8-9,14-15,21,23,29,35H,6-7,11-13H2,1H3,(H,30,31,32,33)/t15-,21-,23-/m0/s1. The van der Waals surface area contributed by atoms with Gasteiger partial charge in [-0.2, -0.15) is 10.2 Å². The molecule has 2 aliphatic heterocycles. The normalized spacial score (nSPS) is 19.6. The number of fused-ring (bicyclic) bond motifs is 1. The highest BCUT2D eigenvalue weighted by molar-refractivity contribution is 5.80. The number of hydrogen-bond acceptors (Lipinski definition) is 9. The van der Waals surface area contributed by atoms with E-state index in [1.165, 1.54) is 29.3 Å². The van der Waals surface area contributed by atoms with Crippen molar-refractivity contribution in [1.29, 1.82) is 5.26 Å². The molecule has 11 heteroatoms. The van der Waals surface area contributed by atoms with E-state index in [0.717, 1.165) is 18.8 Å². The topological polar surface area (TPSA) is 136 Å². The van der Waals surface area contributed by atoms with Gasteiger partial charge in [0, 0.05) is 37.3 Å². The van der Waals surface area contributed by atoms with E-state index in [1.807, 2.05) is 6.07 Å². The summed E-state index contributed by atoms with van der Waals surface area (Å²) in [5, 5.41) is 25.7. The summed E-state index contributed by atoms with van der Waals surface area (Å²) in [6.45, 7) is 3.13. The zero-order valence-electron chi connectivity index (χ0n) is 20.2. The molecule has 1 amide bonds. The summed E-state index contributed by atoms with van der Waals surface area (Å²) < 4.78 is 20.6. The summed E-state index contributed by atoms with van der Waals surface area (Å²) >= 11 is 0. The van der Waals surface area contributed by atoms with Crippen molar-refractivity contribution in [2.24, 2.45) is 0 Å². The number of aromatic nitrogens is 3. The summed E-state index contributed by atoms with van der Waals surface area (Å²) in [6, 6.07) is 13.1. The molecule has 1 aromatic heterocycles. The van der Waals surface area contributed by atoms with E-state index in [9.17, 15) is 19.6 Å². The molecule has 0 bridgehead atoms. The van der Waals surface area contributed by atoms with E-state index in [1.54, 1.807) is 18.2 Å². The summed E-state index contributed by atoms with van der Waals surface area (Å²) in [4.78, 5) is 26.2. The van der Waals surface area contributed by atoms with Crippen molar-refractivity contribution in [2.45, 2.75) is 44.8 Å². The van der Waals surface area contributed by atoms with Crippen LogP contribution in [0.2, 0.25) is 0 Å². The van der Waals surface area contributed by atoms with Gasteiger partial charge in [-0.15, -0.1) is 0 Å². The molecule has 0 spiro atoms. The van der Waals surface area contributed by atoms with Crippen molar-refractivity contribution in [3.8, 4) is 23.2 Å². The van der Waals surface area contributed by atoms with Crippen molar-refractivity contribution in [2.75, 3.05) is 18.4 Å². The van der Waals surface area contributed by atoms with Crippen LogP contribution in [0.5, 0.6) is 5.75 Å². The van der Waals surface area contributed by atoms with Crippen LogP contribution in [0.3, 0.4) is 0 Å². The average Bonchev–Trinajstić information content (AvgIpc) is 3.37. The molecule has 3 N–H and O–H groups in total. The van der Waals surface area contributed by atoms with Crippen molar-refractivity contribution < 1.29 is 19.0 Å². The monoisotopic (exact) mass is 503 g/mol. The van der Waals surface area contributed by atoms with Gasteiger partial charge in [-0.05, 0) is 48.4 Å². The minimum atomic E-state index is -1.45. The van der Waals surface area contributed by atoms with Crippen molar-refractivity contribution in [3.05, 3.63) is 59.4 Å². The molecule has 0 unspecified atom stereocenters. The van der Waals surface area contributed by atoms with E-state index in [2.05, 4.69) is 43.8 Å². The largest absolute Gasteiger partial charge is 0.486 e. The van der Waals surface area contributed by atoms with E-state index in [0.29, 0.717) is 17.3 Å². The fourth-order valence-corrected chi connectivity index (χ4v) is 4.50. The fourth-order valence-electron chi connectivity index (χ4n) is 4.50. The second kappa shape index (κ2) is 10.5. The van der Waals surface area contributed by atoms with Crippen LogP contribution in [0, 0.1) is 11.3 Å². The second-order valence-corrected chi connectivity index (χ2v) is 9.09. The molecule has 10 nitrogen and oxygen atoms in total. The quantitative estimate of drug-likeness (QED) is 0.463. The van der Waals surface area contributed by atoms with Crippen LogP contribution in [0.4, 0.5) is 16.0 Å². The van der Waals surface area contributed by atoms with Gasteiger partial charge in [-0.1, -0.05) is 6.07 Å². The highest BCUT2D eigenvalue weighted by Crippen LogP contribution is 2.29. The zero-order chi connectivity index (χ0) is 25.9. The number of halogens is 1. The fraction of sp³-hybridized carbons (Fsp3) is 0.346. The Morgan fingerprint density at radius 2 is 2.11 bits per heavy atom. The maximum atomic E-state index is 14.8. The number of nitrogens with zero attached hydrogens (tertiary/aromatic N) is 5. The number of nitriles is 1. The lowest BCUT2D eigenvalue weighted by molar-refractivity contribution is -0.143. The minimum absolute atomic E-state index is 0.171. The first kappa shape index (κ1) is 24.5. The number of carbonyl (C=O) groups excluding carboxylic acids is 1. The molecule has 5 rings (SSSR count). The number of nitrogens with one attached hydrogen (secondary N) is 2.